The van der Waals surface area contributed by atoms with E-state index in [4.69, 9.17) is 5.26 Å². The number of nitrogens with zero attached hydrogens (tertiary/aromatic N) is 2. The van der Waals surface area contributed by atoms with Gasteiger partial charge in [-0.15, -0.1) is 5.56 Å². The van der Waals surface area contributed by atoms with Gasteiger partial charge in [0, 0.05) is 17.1 Å². The second-order valence-corrected chi connectivity index (χ2v) is 8.45. The van der Waals surface area contributed by atoms with E-state index in [1.165, 1.54) is 0 Å². The van der Waals surface area contributed by atoms with Crippen molar-refractivity contribution < 1.29 is 16.5 Å². The molecule has 0 saturated heterocycles. The summed E-state index contributed by atoms with van der Waals surface area (Å²) in [5, 5.41) is 9.17. The van der Waals surface area contributed by atoms with Gasteiger partial charge in [-0.3, -0.25) is 0 Å². The van der Waals surface area contributed by atoms with Crippen molar-refractivity contribution in [2.75, 3.05) is 4.90 Å². The molecule has 0 fully saturated rings. The van der Waals surface area contributed by atoms with Gasteiger partial charge in [-0.05, 0) is 36.4 Å². The summed E-state index contributed by atoms with van der Waals surface area (Å²) in [5.41, 5.74) is 5.92. The molecule has 2 nitrogen and oxygen atoms in total. The van der Waals surface area contributed by atoms with Gasteiger partial charge in [0.1, 0.15) is 0 Å². The third-order valence-electron chi connectivity index (χ3n) is 5.61. The molecule has 4 aromatic rings. The van der Waals surface area contributed by atoms with Gasteiger partial charge >= 0.3 is 16.5 Å². The van der Waals surface area contributed by atoms with Gasteiger partial charge in [0.15, 0.2) is 0 Å². The monoisotopic (exact) mass is 513 g/mol. The van der Waals surface area contributed by atoms with Crippen LogP contribution < -0.4 is 4.90 Å². The molecule has 3 heteroatoms. The van der Waals surface area contributed by atoms with E-state index in [2.05, 4.69) is 129 Å². The minimum Gasteiger partial charge on any atom is -0.346 e. The number of hydrogen-bond donors (Lipinski definition) is 0. The minimum absolute atomic E-state index is 0. The van der Waals surface area contributed by atoms with Crippen molar-refractivity contribution in [1.82, 2.24) is 0 Å². The fraction of sp³-hybridized carbons (Fsp3) is 0.121. The molecule has 36 heavy (non-hydrogen) atoms. The number of anilines is 3. The molecule has 0 aliphatic carbocycles. The number of rotatable bonds is 7. The normalized spacial score (nSPS) is 10.4. The molecule has 0 spiro atoms. The Morgan fingerprint density at radius 1 is 0.833 bits per heavy atom. The number of benzene rings is 4. The Bertz CT molecular complexity index is 1220. The maximum absolute atomic E-state index is 9.17. The predicted octanol–water partition coefficient (Wildman–Crippen LogP) is 8.86. The summed E-state index contributed by atoms with van der Waals surface area (Å²) in [4.78, 5) is 2.25. The van der Waals surface area contributed by atoms with Crippen molar-refractivity contribution >= 4 is 23.1 Å². The molecule has 0 unspecified atom stereocenters. The topological polar surface area (TPSA) is 27.0 Å². The van der Waals surface area contributed by atoms with Crippen LogP contribution in [0.15, 0.2) is 109 Å². The Hall–Kier alpha value is -3.73. The second kappa shape index (κ2) is 14.0. The summed E-state index contributed by atoms with van der Waals surface area (Å²) in [6.45, 7) is 9.26. The summed E-state index contributed by atoms with van der Waals surface area (Å²) < 4.78 is 0. The quantitative estimate of drug-likeness (QED) is 0.182. The number of hydrogen-bond acceptors (Lipinski definition) is 2. The number of nitriles is 1. The summed E-state index contributed by atoms with van der Waals surface area (Å²) in [7, 11) is 0. The molecule has 0 atom stereocenters. The van der Waals surface area contributed by atoms with E-state index in [1.54, 1.807) is 13.0 Å². The van der Waals surface area contributed by atoms with Crippen molar-refractivity contribution in [3.05, 3.63) is 145 Å². The molecule has 0 bridgehead atoms. The van der Waals surface area contributed by atoms with Gasteiger partial charge in [0.05, 0.1) is 6.07 Å². The van der Waals surface area contributed by atoms with Crippen molar-refractivity contribution in [2.24, 2.45) is 0 Å². The zero-order valence-corrected chi connectivity index (χ0v) is 22.0. The summed E-state index contributed by atoms with van der Waals surface area (Å²) in [6, 6.07) is 40.3. The van der Waals surface area contributed by atoms with Gasteiger partial charge in [-0.1, -0.05) is 73.4 Å². The van der Waals surface area contributed by atoms with Crippen LogP contribution in [-0.4, -0.2) is 0 Å². The van der Waals surface area contributed by atoms with Crippen LogP contribution in [0.3, 0.4) is 0 Å². The zero-order chi connectivity index (χ0) is 25.1. The van der Waals surface area contributed by atoms with Crippen LogP contribution in [0.5, 0.6) is 0 Å². The SMILES string of the molecule is CC(C)([CH-]/C=C/c1ccc(N(c2ccccc2)c2ccccc2)cc1)c1[c-]ccc(C#N)c1.[CH2-]C.[Ni+3]. The van der Waals surface area contributed by atoms with Crippen LogP contribution in [0.1, 0.15) is 37.5 Å². The van der Waals surface area contributed by atoms with E-state index in [0.717, 1.165) is 28.2 Å². The first-order valence-corrected chi connectivity index (χ1v) is 11.7. The zero-order valence-electron chi connectivity index (χ0n) is 21.0. The van der Waals surface area contributed by atoms with Gasteiger partial charge in [-0.25, -0.2) is 18.6 Å². The van der Waals surface area contributed by atoms with Crippen molar-refractivity contribution in [3.63, 3.8) is 0 Å². The summed E-state index contributed by atoms with van der Waals surface area (Å²) in [6.07, 6.45) is 6.33. The minimum atomic E-state index is -0.222. The third-order valence-corrected chi connectivity index (χ3v) is 5.61. The van der Waals surface area contributed by atoms with Crippen LogP contribution in [0.25, 0.3) is 6.08 Å². The summed E-state index contributed by atoms with van der Waals surface area (Å²) in [5.74, 6) is 0. The molecule has 0 heterocycles. The fourth-order valence-corrected chi connectivity index (χ4v) is 3.73. The molecule has 0 aliphatic rings. The summed E-state index contributed by atoms with van der Waals surface area (Å²) >= 11 is 0. The van der Waals surface area contributed by atoms with Crippen molar-refractivity contribution in [2.45, 2.75) is 26.2 Å². The van der Waals surface area contributed by atoms with Gasteiger partial charge in [0.2, 0.25) is 0 Å². The molecule has 0 aromatic heterocycles. The number of para-hydroxylation sites is 2. The Kier molecular flexibility index (Phi) is 11.1. The van der Waals surface area contributed by atoms with E-state index in [-0.39, 0.29) is 21.9 Å². The maximum atomic E-state index is 9.17. The smallest absolute Gasteiger partial charge is 0.346 e. The first kappa shape index (κ1) is 28.5. The molecule has 1 radical (unpaired) electrons. The fourth-order valence-electron chi connectivity index (χ4n) is 3.73. The maximum Gasteiger partial charge on any atom is 3.00 e. The standard InChI is InChI=1S/C31H26N2.C2H5.Ni/c1-31(2,27-13-9-11-26(23-27)24-32)22-10-12-25-18-20-30(21-19-25)33(28-14-5-3-6-15-28)29-16-7-4-8-17-29;1-2;/h3-12,14-23H,1-2H3;1H2,2H3;/q-2;-1;+3/b12-10+;;. The third kappa shape index (κ3) is 7.38. The predicted molar refractivity (Wildman–Crippen MR) is 149 cm³/mol. The van der Waals surface area contributed by atoms with E-state index in [9.17, 15) is 0 Å². The molecule has 0 N–H and O–H groups in total. The van der Waals surface area contributed by atoms with Crippen LogP contribution >= 0.6 is 0 Å². The van der Waals surface area contributed by atoms with Crippen LogP contribution in [-0.2, 0) is 21.9 Å². The first-order valence-electron chi connectivity index (χ1n) is 11.7. The molecule has 4 rings (SSSR count). The largest absolute Gasteiger partial charge is 3.00 e. The average molecular weight is 514 g/mol. The van der Waals surface area contributed by atoms with Gasteiger partial charge in [-0.2, -0.15) is 42.0 Å². The molecular formula is C33H31N2Ni. The van der Waals surface area contributed by atoms with Gasteiger partial charge < -0.3 is 11.8 Å². The van der Waals surface area contributed by atoms with Crippen LogP contribution in [0.4, 0.5) is 17.1 Å². The molecule has 0 aliphatic heterocycles. The van der Waals surface area contributed by atoms with E-state index in [1.807, 2.05) is 24.3 Å². The molecular weight excluding hydrogens is 483 g/mol. The molecule has 0 saturated carbocycles. The Morgan fingerprint density at radius 2 is 1.36 bits per heavy atom. The van der Waals surface area contributed by atoms with Crippen LogP contribution in [0, 0.1) is 30.7 Å². The van der Waals surface area contributed by atoms with E-state index >= 15 is 0 Å². The van der Waals surface area contributed by atoms with E-state index in [0.29, 0.717) is 5.56 Å². The van der Waals surface area contributed by atoms with Gasteiger partial charge in [0.25, 0.3) is 0 Å². The molecule has 183 valence electrons. The second-order valence-electron chi connectivity index (χ2n) is 8.45. The molecule has 0 amide bonds. The Morgan fingerprint density at radius 3 is 1.89 bits per heavy atom. The Labute approximate surface area is 226 Å². The number of allylic oxidation sites excluding steroid dienone is 1. The average Bonchev–Trinajstić information content (AvgIpc) is 2.92. The van der Waals surface area contributed by atoms with Crippen molar-refractivity contribution in [3.8, 4) is 6.07 Å². The van der Waals surface area contributed by atoms with Crippen LogP contribution in [0.2, 0.25) is 0 Å². The van der Waals surface area contributed by atoms with Crippen molar-refractivity contribution in [1.29, 1.82) is 5.26 Å². The molecule has 4 aromatic carbocycles. The Balaban J connectivity index is 0.00000148. The van der Waals surface area contributed by atoms with E-state index < -0.39 is 0 Å². The first-order chi connectivity index (χ1) is 17.1.